The summed E-state index contributed by atoms with van der Waals surface area (Å²) in [7, 11) is 3.81. The van der Waals surface area contributed by atoms with E-state index in [1.807, 2.05) is 4.57 Å². The summed E-state index contributed by atoms with van der Waals surface area (Å²) in [6.45, 7) is 7.56. The molecule has 0 amide bonds. The van der Waals surface area contributed by atoms with Gasteiger partial charge in [0.1, 0.15) is 17.9 Å². The Hall–Kier alpha value is -1.96. The van der Waals surface area contributed by atoms with Crippen LogP contribution < -0.4 is 4.74 Å². The molecule has 0 unspecified atom stereocenters. The molecule has 0 radical (unpaired) electrons. The van der Waals surface area contributed by atoms with Crippen molar-refractivity contribution in [3.63, 3.8) is 0 Å². The van der Waals surface area contributed by atoms with Crippen LogP contribution >= 0.6 is 0 Å². The zero-order chi connectivity index (χ0) is 21.0. The molecular formula is C23H37N5O2. The van der Waals surface area contributed by atoms with Gasteiger partial charge in [-0.15, -0.1) is 10.2 Å². The van der Waals surface area contributed by atoms with Crippen LogP contribution in [0.5, 0.6) is 5.75 Å². The minimum absolute atomic E-state index is 0.659. The molecule has 30 heavy (non-hydrogen) atoms. The van der Waals surface area contributed by atoms with E-state index in [4.69, 9.17) is 9.47 Å². The van der Waals surface area contributed by atoms with Gasteiger partial charge in [0.05, 0.1) is 19.8 Å². The molecule has 0 spiro atoms. The predicted octanol–water partition coefficient (Wildman–Crippen LogP) is 3.20. The number of unbranched alkanes of at least 4 members (excludes halogenated alkanes) is 1. The third-order valence-corrected chi connectivity index (χ3v) is 5.58. The molecule has 166 valence electrons. The molecule has 2 heterocycles. The van der Waals surface area contributed by atoms with Crippen molar-refractivity contribution in [2.45, 2.75) is 51.7 Å². The van der Waals surface area contributed by atoms with E-state index in [2.05, 4.69) is 51.3 Å². The van der Waals surface area contributed by atoms with E-state index in [-0.39, 0.29) is 0 Å². The Morgan fingerprint density at radius 3 is 2.73 bits per heavy atom. The monoisotopic (exact) mass is 415 g/mol. The first-order valence-electron chi connectivity index (χ1n) is 11.2. The van der Waals surface area contributed by atoms with E-state index in [9.17, 15) is 0 Å². The SMILES string of the molecule is COCCn1cnnc1CN(C)Cc1cccc(OCCCCN2CCCCC2)c1. The molecule has 1 fully saturated rings. The van der Waals surface area contributed by atoms with Crippen LogP contribution in [-0.2, 0) is 24.4 Å². The normalized spacial score (nSPS) is 15.0. The molecule has 1 aromatic heterocycles. The zero-order valence-corrected chi connectivity index (χ0v) is 18.6. The van der Waals surface area contributed by atoms with Gasteiger partial charge in [0.15, 0.2) is 0 Å². The summed E-state index contributed by atoms with van der Waals surface area (Å²) in [6, 6.07) is 8.43. The topological polar surface area (TPSA) is 55.6 Å². The van der Waals surface area contributed by atoms with Gasteiger partial charge >= 0.3 is 0 Å². The van der Waals surface area contributed by atoms with E-state index in [0.717, 1.165) is 44.2 Å². The number of likely N-dealkylation sites (tertiary alicyclic amines) is 1. The molecule has 0 aliphatic carbocycles. The number of benzene rings is 1. The van der Waals surface area contributed by atoms with Gasteiger partial charge in [0.25, 0.3) is 0 Å². The van der Waals surface area contributed by atoms with Crippen molar-refractivity contribution in [1.82, 2.24) is 24.6 Å². The summed E-state index contributed by atoms with van der Waals surface area (Å²) >= 11 is 0. The van der Waals surface area contributed by atoms with Crippen molar-refractivity contribution < 1.29 is 9.47 Å². The third kappa shape index (κ3) is 7.70. The second kappa shape index (κ2) is 12.7. The lowest BCUT2D eigenvalue weighted by atomic mass is 10.1. The molecule has 1 saturated heterocycles. The highest BCUT2D eigenvalue weighted by Gasteiger charge is 2.10. The van der Waals surface area contributed by atoms with Crippen LogP contribution in [0.2, 0.25) is 0 Å². The van der Waals surface area contributed by atoms with Crippen molar-refractivity contribution in [3.05, 3.63) is 42.0 Å². The first-order chi connectivity index (χ1) is 14.7. The van der Waals surface area contributed by atoms with Crippen LogP contribution in [0.4, 0.5) is 0 Å². The van der Waals surface area contributed by atoms with Crippen LogP contribution in [0, 0.1) is 0 Å². The first-order valence-corrected chi connectivity index (χ1v) is 11.2. The molecular weight excluding hydrogens is 378 g/mol. The van der Waals surface area contributed by atoms with Gasteiger partial charge in [-0.3, -0.25) is 4.90 Å². The summed E-state index contributed by atoms with van der Waals surface area (Å²) in [5.74, 6) is 1.91. The predicted molar refractivity (Wildman–Crippen MR) is 119 cm³/mol. The molecule has 1 aromatic carbocycles. The number of hydrogen-bond donors (Lipinski definition) is 0. The molecule has 3 rings (SSSR count). The number of nitrogens with zero attached hydrogens (tertiary/aromatic N) is 5. The number of rotatable bonds is 13. The van der Waals surface area contributed by atoms with E-state index < -0.39 is 0 Å². The average molecular weight is 416 g/mol. The van der Waals surface area contributed by atoms with Gasteiger partial charge < -0.3 is 18.9 Å². The molecule has 7 nitrogen and oxygen atoms in total. The molecule has 0 N–H and O–H groups in total. The fraction of sp³-hybridized carbons (Fsp3) is 0.652. The van der Waals surface area contributed by atoms with Crippen LogP contribution in [0.1, 0.15) is 43.5 Å². The fourth-order valence-electron chi connectivity index (χ4n) is 3.93. The Bertz CT molecular complexity index is 730. The van der Waals surface area contributed by atoms with Gasteiger partial charge in [-0.05, 0) is 70.1 Å². The third-order valence-electron chi connectivity index (χ3n) is 5.58. The number of hydrogen-bond acceptors (Lipinski definition) is 6. The van der Waals surface area contributed by atoms with Crippen LogP contribution in [0.15, 0.2) is 30.6 Å². The Kier molecular flexibility index (Phi) is 9.60. The number of methoxy groups -OCH3 is 1. The van der Waals surface area contributed by atoms with E-state index in [1.165, 1.54) is 50.9 Å². The van der Waals surface area contributed by atoms with Gasteiger partial charge in [0.2, 0.25) is 0 Å². The summed E-state index contributed by atoms with van der Waals surface area (Å²) in [5, 5.41) is 8.28. The molecule has 0 bridgehead atoms. The van der Waals surface area contributed by atoms with E-state index in [0.29, 0.717) is 6.61 Å². The highest BCUT2D eigenvalue weighted by atomic mass is 16.5. The summed E-state index contributed by atoms with van der Waals surface area (Å²) < 4.78 is 13.2. The summed E-state index contributed by atoms with van der Waals surface area (Å²) in [5.41, 5.74) is 1.24. The lowest BCUT2D eigenvalue weighted by Crippen LogP contribution is -2.30. The zero-order valence-electron chi connectivity index (χ0n) is 18.6. The molecule has 1 aliphatic heterocycles. The smallest absolute Gasteiger partial charge is 0.147 e. The second-order valence-corrected chi connectivity index (χ2v) is 8.21. The van der Waals surface area contributed by atoms with E-state index in [1.54, 1.807) is 13.4 Å². The van der Waals surface area contributed by atoms with Gasteiger partial charge in [0, 0.05) is 20.2 Å². The molecule has 1 aliphatic rings. The maximum Gasteiger partial charge on any atom is 0.147 e. The Morgan fingerprint density at radius 1 is 1.03 bits per heavy atom. The summed E-state index contributed by atoms with van der Waals surface area (Å²) in [6.07, 6.45) is 8.22. The van der Waals surface area contributed by atoms with Crippen LogP contribution in [0.3, 0.4) is 0 Å². The quantitative estimate of drug-likeness (QED) is 0.468. The van der Waals surface area contributed by atoms with Gasteiger partial charge in [-0.2, -0.15) is 0 Å². The van der Waals surface area contributed by atoms with Crippen molar-refractivity contribution in [2.24, 2.45) is 0 Å². The van der Waals surface area contributed by atoms with E-state index >= 15 is 0 Å². The highest BCUT2D eigenvalue weighted by molar-refractivity contribution is 5.28. The van der Waals surface area contributed by atoms with Crippen molar-refractivity contribution in [1.29, 1.82) is 0 Å². The van der Waals surface area contributed by atoms with Crippen molar-refractivity contribution in [3.8, 4) is 5.75 Å². The number of aromatic nitrogens is 3. The Morgan fingerprint density at radius 2 is 1.90 bits per heavy atom. The number of ether oxygens (including phenoxy) is 2. The molecule has 0 saturated carbocycles. The standard InChI is InChI=1S/C23H37N5O2/c1-26(19-23-25-24-20-28(23)14-16-29-2)18-21-9-8-10-22(17-21)30-15-7-6-13-27-11-4-3-5-12-27/h8-10,17,20H,3-7,11-16,18-19H2,1-2H3. The second-order valence-electron chi connectivity index (χ2n) is 8.21. The van der Waals surface area contributed by atoms with Crippen molar-refractivity contribution >= 4 is 0 Å². The largest absolute Gasteiger partial charge is 0.494 e. The Labute approximate surface area is 181 Å². The lowest BCUT2D eigenvalue weighted by molar-refractivity contribution is 0.184. The van der Waals surface area contributed by atoms with Gasteiger partial charge in [-0.25, -0.2) is 0 Å². The highest BCUT2D eigenvalue weighted by Crippen LogP contribution is 2.16. The van der Waals surface area contributed by atoms with Crippen molar-refractivity contribution in [2.75, 3.05) is 47.0 Å². The van der Waals surface area contributed by atoms with Crippen LogP contribution in [-0.4, -0.2) is 71.6 Å². The fourth-order valence-corrected chi connectivity index (χ4v) is 3.93. The Balaban J connectivity index is 1.38. The maximum absolute atomic E-state index is 6.01. The number of piperidine rings is 1. The lowest BCUT2D eigenvalue weighted by Gasteiger charge is -2.26. The minimum atomic E-state index is 0.659. The average Bonchev–Trinajstić information content (AvgIpc) is 3.19. The minimum Gasteiger partial charge on any atom is -0.494 e. The first kappa shape index (κ1) is 22.7. The van der Waals surface area contributed by atoms with Crippen LogP contribution in [0.25, 0.3) is 0 Å². The van der Waals surface area contributed by atoms with Gasteiger partial charge in [-0.1, -0.05) is 18.6 Å². The molecule has 7 heteroatoms. The molecule has 0 atom stereocenters. The molecule has 2 aromatic rings. The maximum atomic E-state index is 6.01. The summed E-state index contributed by atoms with van der Waals surface area (Å²) in [4.78, 5) is 4.83.